The minimum atomic E-state index is -3.09. The fourth-order valence-electron chi connectivity index (χ4n) is 2.48. The normalized spacial score (nSPS) is 32.9. The summed E-state index contributed by atoms with van der Waals surface area (Å²) in [7, 11) is -3.09. The third kappa shape index (κ3) is 3.21. The van der Waals surface area contributed by atoms with Crippen molar-refractivity contribution < 1.29 is 27.9 Å². The van der Waals surface area contributed by atoms with Gasteiger partial charge in [-0.3, -0.25) is 4.79 Å². The van der Waals surface area contributed by atoms with Crippen molar-refractivity contribution in [2.24, 2.45) is 5.92 Å². The lowest BCUT2D eigenvalue weighted by molar-refractivity contribution is -0.142. The summed E-state index contributed by atoms with van der Waals surface area (Å²) in [6.07, 6.45) is 0. The van der Waals surface area contributed by atoms with Crippen LogP contribution in [0.1, 0.15) is 6.92 Å². The zero-order valence-electron chi connectivity index (χ0n) is 11.1. The van der Waals surface area contributed by atoms with Crippen LogP contribution < -0.4 is 5.32 Å². The number of urea groups is 1. The lowest BCUT2D eigenvalue weighted by atomic mass is 10.0. The van der Waals surface area contributed by atoms with Gasteiger partial charge in [-0.2, -0.15) is 0 Å². The molecule has 2 aliphatic heterocycles. The highest BCUT2D eigenvalue weighted by atomic mass is 32.2. The van der Waals surface area contributed by atoms with E-state index in [0.29, 0.717) is 0 Å². The fraction of sp³-hybridized carbons (Fsp3) is 0.818. The summed E-state index contributed by atoms with van der Waals surface area (Å²) in [6.45, 7) is 2.02. The van der Waals surface area contributed by atoms with Gasteiger partial charge in [0.25, 0.3) is 0 Å². The van der Waals surface area contributed by atoms with Gasteiger partial charge in [-0.05, 0) is 6.92 Å². The molecule has 20 heavy (non-hydrogen) atoms. The molecule has 0 aromatic carbocycles. The number of carboxylic acids is 1. The number of hydrogen-bond donors (Lipinski definition) is 2. The van der Waals surface area contributed by atoms with Crippen molar-refractivity contribution in [3.05, 3.63) is 0 Å². The maximum Gasteiger partial charge on any atom is 0.318 e. The first-order valence-corrected chi connectivity index (χ1v) is 8.20. The van der Waals surface area contributed by atoms with Crippen LogP contribution in [0.2, 0.25) is 0 Å². The van der Waals surface area contributed by atoms with Gasteiger partial charge in [0.2, 0.25) is 0 Å². The number of hydrogen-bond acceptors (Lipinski definition) is 5. The molecule has 0 spiro atoms. The monoisotopic (exact) mass is 306 g/mol. The maximum absolute atomic E-state index is 12.1. The Morgan fingerprint density at radius 3 is 2.65 bits per heavy atom. The summed E-state index contributed by atoms with van der Waals surface area (Å²) in [5.41, 5.74) is 0. The molecule has 0 aromatic heterocycles. The number of ether oxygens (including phenoxy) is 1. The van der Waals surface area contributed by atoms with Crippen molar-refractivity contribution in [2.75, 3.05) is 31.3 Å². The number of carbonyl (C=O) groups excluding carboxylic acids is 1. The average molecular weight is 306 g/mol. The second-order valence-corrected chi connectivity index (χ2v) is 7.42. The molecule has 0 aliphatic carbocycles. The van der Waals surface area contributed by atoms with E-state index in [-0.39, 0.29) is 31.3 Å². The van der Waals surface area contributed by atoms with E-state index in [1.54, 1.807) is 6.92 Å². The summed E-state index contributed by atoms with van der Waals surface area (Å²) in [5, 5.41) is 11.6. The molecule has 114 valence electrons. The van der Waals surface area contributed by atoms with Crippen molar-refractivity contribution in [2.45, 2.75) is 19.0 Å². The lowest BCUT2D eigenvalue weighted by Crippen LogP contribution is -2.56. The quantitative estimate of drug-likeness (QED) is 0.670. The summed E-state index contributed by atoms with van der Waals surface area (Å²) in [4.78, 5) is 24.5. The van der Waals surface area contributed by atoms with Crippen molar-refractivity contribution in [1.29, 1.82) is 0 Å². The average Bonchev–Trinajstić information content (AvgIpc) is 2.75. The van der Waals surface area contributed by atoms with E-state index in [9.17, 15) is 18.0 Å². The number of nitrogens with one attached hydrogen (secondary N) is 1. The van der Waals surface area contributed by atoms with Crippen LogP contribution in [-0.2, 0) is 19.4 Å². The molecule has 8 nitrogen and oxygen atoms in total. The summed E-state index contributed by atoms with van der Waals surface area (Å²) in [6, 6.07) is -1.43. The van der Waals surface area contributed by atoms with Gasteiger partial charge in [-0.1, -0.05) is 0 Å². The van der Waals surface area contributed by atoms with Gasteiger partial charge in [0, 0.05) is 12.6 Å². The second-order valence-electron chi connectivity index (χ2n) is 5.19. The van der Waals surface area contributed by atoms with Crippen LogP contribution in [0.3, 0.4) is 0 Å². The van der Waals surface area contributed by atoms with E-state index in [4.69, 9.17) is 9.84 Å². The zero-order valence-corrected chi connectivity index (χ0v) is 11.9. The molecule has 2 rings (SSSR count). The minimum Gasteiger partial charge on any atom is -0.481 e. The van der Waals surface area contributed by atoms with E-state index in [2.05, 4.69) is 5.32 Å². The number of sulfone groups is 1. The number of amides is 2. The second kappa shape index (κ2) is 5.57. The third-order valence-corrected chi connectivity index (χ3v) is 5.43. The predicted molar refractivity (Wildman–Crippen MR) is 69.1 cm³/mol. The first kappa shape index (κ1) is 15.0. The molecule has 2 heterocycles. The number of carbonyl (C=O) groups is 2. The summed E-state index contributed by atoms with van der Waals surface area (Å²) >= 11 is 0. The zero-order chi connectivity index (χ0) is 14.9. The third-order valence-electron chi connectivity index (χ3n) is 3.64. The van der Waals surface area contributed by atoms with Gasteiger partial charge in [0.15, 0.2) is 9.84 Å². The van der Waals surface area contributed by atoms with Gasteiger partial charge in [0.05, 0.1) is 30.8 Å². The van der Waals surface area contributed by atoms with Crippen LogP contribution >= 0.6 is 0 Å². The predicted octanol–water partition coefficient (Wildman–Crippen LogP) is -1.09. The van der Waals surface area contributed by atoms with E-state index in [1.807, 2.05) is 0 Å². The van der Waals surface area contributed by atoms with E-state index >= 15 is 0 Å². The number of rotatable bonds is 2. The fourth-order valence-corrected chi connectivity index (χ4v) is 4.04. The van der Waals surface area contributed by atoms with Gasteiger partial charge in [0.1, 0.15) is 5.92 Å². The highest BCUT2D eigenvalue weighted by Gasteiger charge is 2.38. The highest BCUT2D eigenvalue weighted by molar-refractivity contribution is 7.91. The first-order chi connectivity index (χ1) is 9.30. The number of nitrogens with zero attached hydrogens (tertiary/aromatic N) is 1. The Morgan fingerprint density at radius 2 is 2.05 bits per heavy atom. The molecular weight excluding hydrogens is 288 g/mol. The molecule has 2 fully saturated rings. The standard InChI is InChI=1S/C11H18N2O6S/c1-7-6-20(17,18)3-2-13(7)11(16)12-9-5-19-4-8(9)10(14)15/h7-9H,2-6H2,1H3,(H,12,16)(H,14,15). The first-order valence-electron chi connectivity index (χ1n) is 6.38. The molecule has 9 heteroatoms. The van der Waals surface area contributed by atoms with E-state index in [0.717, 1.165) is 0 Å². The Hall–Kier alpha value is -1.35. The smallest absolute Gasteiger partial charge is 0.318 e. The Kier molecular flexibility index (Phi) is 4.19. The summed E-state index contributed by atoms with van der Waals surface area (Å²) < 4.78 is 28.0. The SMILES string of the molecule is CC1CS(=O)(=O)CCN1C(=O)NC1COCC1C(=O)O. The topological polar surface area (TPSA) is 113 Å². The molecule has 0 bridgehead atoms. The number of carboxylic acid groups (broad SMARTS) is 1. The Bertz CT molecular complexity index is 505. The molecule has 2 saturated heterocycles. The molecule has 0 saturated carbocycles. The highest BCUT2D eigenvalue weighted by Crippen LogP contribution is 2.16. The molecule has 0 radical (unpaired) electrons. The van der Waals surface area contributed by atoms with Crippen LogP contribution in [0, 0.1) is 5.92 Å². The summed E-state index contributed by atoms with van der Waals surface area (Å²) in [5.74, 6) is -1.90. The molecule has 0 aromatic rings. The molecule has 3 unspecified atom stereocenters. The largest absolute Gasteiger partial charge is 0.481 e. The van der Waals surface area contributed by atoms with Crippen molar-refractivity contribution in [3.8, 4) is 0 Å². The van der Waals surface area contributed by atoms with Crippen LogP contribution in [-0.4, -0.2) is 73.8 Å². The van der Waals surface area contributed by atoms with Gasteiger partial charge < -0.3 is 20.1 Å². The van der Waals surface area contributed by atoms with Crippen LogP contribution in [0.4, 0.5) is 4.79 Å². The Morgan fingerprint density at radius 1 is 1.35 bits per heavy atom. The molecule has 2 aliphatic rings. The van der Waals surface area contributed by atoms with Gasteiger partial charge in [-0.15, -0.1) is 0 Å². The number of aliphatic carboxylic acids is 1. The molecule has 2 amide bonds. The van der Waals surface area contributed by atoms with Crippen LogP contribution in [0.15, 0.2) is 0 Å². The van der Waals surface area contributed by atoms with Crippen molar-refractivity contribution in [1.82, 2.24) is 10.2 Å². The van der Waals surface area contributed by atoms with Crippen molar-refractivity contribution >= 4 is 21.8 Å². The Labute approximate surface area is 117 Å². The minimum absolute atomic E-state index is 0.0612. The molecule has 2 N–H and O–H groups in total. The van der Waals surface area contributed by atoms with Gasteiger partial charge in [-0.25, -0.2) is 13.2 Å². The Balaban J connectivity index is 1.97. The lowest BCUT2D eigenvalue weighted by Gasteiger charge is -2.34. The van der Waals surface area contributed by atoms with Gasteiger partial charge >= 0.3 is 12.0 Å². The molecule has 3 atom stereocenters. The van der Waals surface area contributed by atoms with E-state index in [1.165, 1.54) is 4.90 Å². The van der Waals surface area contributed by atoms with E-state index < -0.39 is 39.8 Å². The maximum atomic E-state index is 12.1. The van der Waals surface area contributed by atoms with Crippen molar-refractivity contribution in [3.63, 3.8) is 0 Å². The van der Waals surface area contributed by atoms with Crippen LogP contribution in [0.25, 0.3) is 0 Å². The van der Waals surface area contributed by atoms with Crippen LogP contribution in [0.5, 0.6) is 0 Å². The molecular formula is C11H18N2O6S.